The maximum Gasteiger partial charge on any atom is 0.341 e. The van der Waals surface area contributed by atoms with Gasteiger partial charge < -0.3 is 14.2 Å². The van der Waals surface area contributed by atoms with Crippen LogP contribution in [-0.4, -0.2) is 51.7 Å². The molecule has 36 heavy (non-hydrogen) atoms. The summed E-state index contributed by atoms with van der Waals surface area (Å²) >= 11 is 0. The predicted molar refractivity (Wildman–Crippen MR) is 131 cm³/mol. The quantitative estimate of drug-likeness (QED) is 0.468. The Balaban J connectivity index is 0.000000174. The van der Waals surface area contributed by atoms with E-state index in [1.807, 2.05) is 30.3 Å². The summed E-state index contributed by atoms with van der Waals surface area (Å²) in [6.07, 6.45) is 13.2. The van der Waals surface area contributed by atoms with Gasteiger partial charge in [-0.1, -0.05) is 36.8 Å². The number of carbonyl (C=O) groups is 2. The van der Waals surface area contributed by atoms with E-state index in [1.54, 1.807) is 6.20 Å². The second-order valence-corrected chi connectivity index (χ2v) is 8.63. The number of rotatable bonds is 5. The largest absolute Gasteiger partial charge is 0.465 e. The van der Waals surface area contributed by atoms with E-state index >= 15 is 0 Å². The molecule has 1 atom stereocenters. The highest BCUT2D eigenvalue weighted by atomic mass is 16.5. The van der Waals surface area contributed by atoms with Crippen molar-refractivity contribution < 1.29 is 23.8 Å². The predicted octanol–water partition coefficient (Wildman–Crippen LogP) is 4.75. The summed E-state index contributed by atoms with van der Waals surface area (Å²) in [7, 11) is 1.34. The Labute approximate surface area is 210 Å². The van der Waals surface area contributed by atoms with E-state index in [0.717, 1.165) is 50.7 Å². The summed E-state index contributed by atoms with van der Waals surface area (Å²) in [5.41, 5.74) is 2.97. The van der Waals surface area contributed by atoms with Gasteiger partial charge in [0.15, 0.2) is 0 Å². The van der Waals surface area contributed by atoms with E-state index < -0.39 is 5.97 Å². The first-order valence-electron chi connectivity index (χ1n) is 12.2. The fraction of sp³-hybridized carbons (Fsp3) is 0.407. The third-order valence-corrected chi connectivity index (χ3v) is 6.19. The van der Waals surface area contributed by atoms with Gasteiger partial charge in [0.2, 0.25) is 0 Å². The molecule has 188 valence electrons. The lowest BCUT2D eigenvalue weighted by atomic mass is 9.98. The van der Waals surface area contributed by atoms with Gasteiger partial charge in [-0.3, -0.25) is 0 Å². The number of hydrogen-bond acceptors (Lipinski definition) is 9. The van der Waals surface area contributed by atoms with Crippen LogP contribution in [0.2, 0.25) is 0 Å². The van der Waals surface area contributed by atoms with Gasteiger partial charge in [0.05, 0.1) is 18.5 Å². The summed E-state index contributed by atoms with van der Waals surface area (Å²) in [4.78, 5) is 40.0. The molecule has 2 aliphatic rings. The number of hydrogen-bond donors (Lipinski definition) is 0. The molecule has 0 amide bonds. The molecule has 3 heterocycles. The van der Waals surface area contributed by atoms with Crippen molar-refractivity contribution in [1.82, 2.24) is 19.9 Å². The molecule has 1 saturated heterocycles. The molecular weight excluding hydrogens is 460 g/mol. The van der Waals surface area contributed by atoms with E-state index in [-0.39, 0.29) is 18.2 Å². The van der Waals surface area contributed by atoms with Crippen molar-refractivity contribution in [3.8, 4) is 11.3 Å². The van der Waals surface area contributed by atoms with Crippen molar-refractivity contribution in [3.63, 3.8) is 0 Å². The second kappa shape index (κ2) is 12.8. The van der Waals surface area contributed by atoms with E-state index in [4.69, 9.17) is 9.47 Å². The summed E-state index contributed by atoms with van der Waals surface area (Å²) in [6.45, 7) is 0.728. The van der Waals surface area contributed by atoms with Gasteiger partial charge in [0.25, 0.3) is 0 Å². The first kappa shape index (κ1) is 25.4. The molecule has 0 bridgehead atoms. The first-order chi connectivity index (χ1) is 17.7. The summed E-state index contributed by atoms with van der Waals surface area (Å²) in [6, 6.07) is 9.45. The van der Waals surface area contributed by atoms with Crippen LogP contribution in [0.15, 0.2) is 55.4 Å². The summed E-state index contributed by atoms with van der Waals surface area (Å²) in [5, 5.41) is 0. The lowest BCUT2D eigenvalue weighted by Gasteiger charge is -2.22. The molecule has 1 aromatic carbocycles. The van der Waals surface area contributed by atoms with Gasteiger partial charge in [-0.25, -0.2) is 29.5 Å². The molecule has 9 heteroatoms. The van der Waals surface area contributed by atoms with Gasteiger partial charge in [0, 0.05) is 24.6 Å². The minimum absolute atomic E-state index is 0.0498. The number of benzene rings is 1. The van der Waals surface area contributed by atoms with Crippen LogP contribution in [0, 0.1) is 0 Å². The minimum atomic E-state index is -0.431. The van der Waals surface area contributed by atoms with Crippen molar-refractivity contribution in [2.24, 2.45) is 0 Å². The highest BCUT2D eigenvalue weighted by molar-refractivity contribution is 5.95. The molecule has 9 nitrogen and oxygen atoms in total. The first-order valence-corrected chi connectivity index (χ1v) is 12.2. The molecule has 0 N–H and O–H groups in total. The molecule has 1 unspecified atom stereocenters. The minimum Gasteiger partial charge on any atom is -0.465 e. The number of esters is 2. The van der Waals surface area contributed by atoms with E-state index in [9.17, 15) is 9.59 Å². The molecule has 1 saturated carbocycles. The van der Waals surface area contributed by atoms with Gasteiger partial charge >= 0.3 is 11.9 Å². The Morgan fingerprint density at radius 2 is 1.58 bits per heavy atom. The Bertz CT molecular complexity index is 1150. The van der Waals surface area contributed by atoms with Crippen LogP contribution in [0.3, 0.4) is 0 Å². The number of aromatic nitrogens is 4. The molecule has 5 rings (SSSR count). The zero-order valence-corrected chi connectivity index (χ0v) is 20.3. The Kier molecular flexibility index (Phi) is 9.04. The topological polar surface area (TPSA) is 113 Å². The Morgan fingerprint density at radius 1 is 0.861 bits per heavy atom. The molecule has 2 aromatic heterocycles. The zero-order chi connectivity index (χ0) is 25.2. The molecule has 3 aromatic rings. The summed E-state index contributed by atoms with van der Waals surface area (Å²) < 4.78 is 15.9. The van der Waals surface area contributed by atoms with Gasteiger partial charge in [-0.15, -0.1) is 0 Å². The Hall–Kier alpha value is -3.72. The third-order valence-electron chi connectivity index (χ3n) is 6.19. The highest BCUT2D eigenvalue weighted by Crippen LogP contribution is 2.30. The van der Waals surface area contributed by atoms with Gasteiger partial charge in [0.1, 0.15) is 36.0 Å². The normalized spacial score (nSPS) is 17.5. The van der Waals surface area contributed by atoms with Gasteiger partial charge in [-0.2, -0.15) is 0 Å². The summed E-state index contributed by atoms with van der Waals surface area (Å²) in [5.74, 6) is -0.734. The molecule has 1 aliphatic heterocycles. The number of nitrogens with zero attached hydrogens (tertiary/aromatic N) is 4. The monoisotopic (exact) mass is 490 g/mol. The fourth-order valence-corrected chi connectivity index (χ4v) is 4.36. The Morgan fingerprint density at radius 3 is 2.28 bits per heavy atom. The smallest absolute Gasteiger partial charge is 0.341 e. The van der Waals surface area contributed by atoms with Crippen molar-refractivity contribution in [1.29, 1.82) is 0 Å². The SMILES string of the molecule is COC(=O)c1cncnc1-c1ccccc1.O=C(OC1CCCCC1)c1cncnc1C1CCCO1. The standard InChI is InChI=1S/C15H20N2O3.C12H10N2O2/c18-15(20-11-5-2-1-3-6-11)12-9-16-10-17-14(12)13-7-4-8-19-13;1-16-12(15)10-7-13-8-14-11(10)9-5-3-2-4-6-9/h9-11,13H,1-8H2;2-8H,1H3. The number of methoxy groups -OCH3 is 1. The van der Waals surface area contributed by atoms with E-state index in [2.05, 4.69) is 24.7 Å². The van der Waals surface area contributed by atoms with Crippen LogP contribution >= 0.6 is 0 Å². The molecular formula is C27H30N4O5. The van der Waals surface area contributed by atoms with Gasteiger partial charge in [-0.05, 0) is 38.5 Å². The maximum atomic E-state index is 12.3. The van der Waals surface area contributed by atoms with Crippen LogP contribution in [-0.2, 0) is 14.2 Å². The second-order valence-electron chi connectivity index (χ2n) is 8.63. The fourth-order valence-electron chi connectivity index (χ4n) is 4.36. The number of ether oxygens (including phenoxy) is 3. The zero-order valence-electron chi connectivity index (χ0n) is 20.3. The van der Waals surface area contributed by atoms with Crippen LogP contribution < -0.4 is 0 Å². The highest BCUT2D eigenvalue weighted by Gasteiger charge is 2.27. The van der Waals surface area contributed by atoms with Crippen LogP contribution in [0.1, 0.15) is 77.5 Å². The van der Waals surface area contributed by atoms with Crippen molar-refractivity contribution in [3.05, 3.63) is 72.2 Å². The lowest BCUT2D eigenvalue weighted by Crippen LogP contribution is -2.22. The van der Waals surface area contributed by atoms with Crippen LogP contribution in [0.4, 0.5) is 0 Å². The lowest BCUT2D eigenvalue weighted by molar-refractivity contribution is 0.0201. The molecule has 0 radical (unpaired) electrons. The van der Waals surface area contributed by atoms with E-state index in [0.29, 0.717) is 22.5 Å². The van der Waals surface area contributed by atoms with Crippen molar-refractivity contribution in [2.75, 3.05) is 13.7 Å². The molecule has 0 spiro atoms. The average Bonchev–Trinajstić information content (AvgIpc) is 3.49. The molecule has 1 aliphatic carbocycles. The third kappa shape index (κ3) is 6.48. The van der Waals surface area contributed by atoms with Crippen LogP contribution in [0.25, 0.3) is 11.3 Å². The van der Waals surface area contributed by atoms with Crippen molar-refractivity contribution in [2.45, 2.75) is 57.2 Å². The van der Waals surface area contributed by atoms with Crippen LogP contribution in [0.5, 0.6) is 0 Å². The number of carbonyl (C=O) groups excluding carboxylic acids is 2. The maximum absolute atomic E-state index is 12.3. The molecule has 2 fully saturated rings. The average molecular weight is 491 g/mol. The van der Waals surface area contributed by atoms with E-state index in [1.165, 1.54) is 32.4 Å². The van der Waals surface area contributed by atoms with Crippen molar-refractivity contribution >= 4 is 11.9 Å².